The van der Waals surface area contributed by atoms with Crippen molar-refractivity contribution in [2.75, 3.05) is 13.6 Å². The molecular weight excluding hydrogens is 557 g/mol. The number of likely N-dealkylation sites (N-methyl/N-ethyl adjacent to an activating group) is 1. The van der Waals surface area contributed by atoms with Crippen molar-refractivity contribution in [3.63, 3.8) is 0 Å². The van der Waals surface area contributed by atoms with Gasteiger partial charge in [0.2, 0.25) is 21.8 Å². The second-order valence-corrected chi connectivity index (χ2v) is 13.2. The number of nitrogens with zero attached hydrogens (tertiary/aromatic N) is 2. The van der Waals surface area contributed by atoms with Crippen LogP contribution in [0.5, 0.6) is 0 Å². The van der Waals surface area contributed by atoms with Gasteiger partial charge in [-0.15, -0.1) is 0 Å². The molecule has 0 heterocycles. The largest absolute Gasteiger partial charge is 0.350 e. The van der Waals surface area contributed by atoms with E-state index in [2.05, 4.69) is 5.32 Å². The Morgan fingerprint density at radius 3 is 2.08 bits per heavy atom. The van der Waals surface area contributed by atoms with E-state index in [1.807, 2.05) is 57.2 Å². The number of sulfonamides is 1. The lowest BCUT2D eigenvalue weighted by Crippen LogP contribution is -2.56. The van der Waals surface area contributed by atoms with Crippen LogP contribution in [0.1, 0.15) is 31.9 Å². The third-order valence-electron chi connectivity index (χ3n) is 5.89. The van der Waals surface area contributed by atoms with Crippen molar-refractivity contribution in [1.82, 2.24) is 14.5 Å². The van der Waals surface area contributed by atoms with Gasteiger partial charge in [0.25, 0.3) is 0 Å². The van der Waals surface area contributed by atoms with Crippen LogP contribution in [0.15, 0.2) is 83.8 Å². The smallest absolute Gasteiger partial charge is 0.243 e. The van der Waals surface area contributed by atoms with Crippen molar-refractivity contribution < 1.29 is 18.0 Å². The molecule has 39 heavy (non-hydrogen) atoms. The topological polar surface area (TPSA) is 86.8 Å². The zero-order chi connectivity index (χ0) is 28.8. The first-order valence-electron chi connectivity index (χ1n) is 12.4. The minimum Gasteiger partial charge on any atom is -0.350 e. The maximum atomic E-state index is 13.9. The van der Waals surface area contributed by atoms with Gasteiger partial charge in [-0.2, -0.15) is 4.31 Å². The monoisotopic (exact) mass is 589 g/mol. The Balaban J connectivity index is 1.99. The SMILES string of the molecule is CN(CC(=O)N(Cc1cccc(Cl)c1)[C@H](Cc1ccccc1)C(=O)NC(C)(C)C)S(=O)(=O)c1ccc(Cl)cc1. The number of amides is 2. The quantitative estimate of drug-likeness (QED) is 0.353. The number of hydrogen-bond acceptors (Lipinski definition) is 4. The number of carbonyl (C=O) groups is 2. The van der Waals surface area contributed by atoms with Crippen LogP contribution in [0.25, 0.3) is 0 Å². The fraction of sp³-hybridized carbons (Fsp3) is 0.310. The first-order chi connectivity index (χ1) is 18.3. The lowest BCUT2D eigenvalue weighted by atomic mass is 10.0. The summed E-state index contributed by atoms with van der Waals surface area (Å²) < 4.78 is 27.4. The van der Waals surface area contributed by atoms with Crippen LogP contribution >= 0.6 is 23.2 Å². The van der Waals surface area contributed by atoms with Crippen molar-refractivity contribution in [3.05, 3.63) is 100 Å². The van der Waals surface area contributed by atoms with Crippen LogP contribution in [0.3, 0.4) is 0 Å². The molecule has 0 radical (unpaired) electrons. The van der Waals surface area contributed by atoms with Crippen LogP contribution in [0, 0.1) is 0 Å². The Morgan fingerprint density at radius 1 is 0.872 bits per heavy atom. The minimum atomic E-state index is -3.99. The summed E-state index contributed by atoms with van der Waals surface area (Å²) in [6, 6.07) is 21.2. The van der Waals surface area contributed by atoms with Crippen LogP contribution in [0.4, 0.5) is 0 Å². The molecule has 0 saturated heterocycles. The van der Waals surface area contributed by atoms with Crippen LogP contribution < -0.4 is 5.32 Å². The summed E-state index contributed by atoms with van der Waals surface area (Å²) in [4.78, 5) is 28.9. The predicted molar refractivity (Wildman–Crippen MR) is 155 cm³/mol. The Hall–Kier alpha value is -2.91. The number of hydrogen-bond donors (Lipinski definition) is 1. The molecule has 0 bridgehead atoms. The van der Waals surface area contributed by atoms with Crippen molar-refractivity contribution in [3.8, 4) is 0 Å². The minimum absolute atomic E-state index is 0.00917. The lowest BCUT2D eigenvalue weighted by Gasteiger charge is -2.34. The van der Waals surface area contributed by atoms with Crippen LogP contribution in [0.2, 0.25) is 10.0 Å². The molecule has 3 aromatic carbocycles. The van der Waals surface area contributed by atoms with E-state index in [4.69, 9.17) is 23.2 Å². The van der Waals surface area contributed by atoms with Gasteiger partial charge < -0.3 is 10.2 Å². The number of nitrogens with one attached hydrogen (secondary N) is 1. The van der Waals surface area contributed by atoms with E-state index in [0.717, 1.165) is 9.87 Å². The van der Waals surface area contributed by atoms with E-state index in [0.29, 0.717) is 15.6 Å². The summed E-state index contributed by atoms with van der Waals surface area (Å²) in [5.41, 5.74) is 1.02. The molecule has 3 aromatic rings. The molecule has 0 fully saturated rings. The first-order valence-corrected chi connectivity index (χ1v) is 14.6. The van der Waals surface area contributed by atoms with E-state index in [9.17, 15) is 18.0 Å². The molecular formula is C29H33Cl2N3O4S. The fourth-order valence-electron chi connectivity index (χ4n) is 3.99. The van der Waals surface area contributed by atoms with Gasteiger partial charge in [0.1, 0.15) is 6.04 Å². The molecule has 1 atom stereocenters. The molecule has 0 aliphatic rings. The average Bonchev–Trinajstić information content (AvgIpc) is 2.86. The highest BCUT2D eigenvalue weighted by Gasteiger charge is 2.34. The van der Waals surface area contributed by atoms with Crippen molar-refractivity contribution in [2.24, 2.45) is 0 Å². The number of carbonyl (C=O) groups excluding carboxylic acids is 2. The summed E-state index contributed by atoms with van der Waals surface area (Å²) in [5, 5.41) is 3.87. The maximum Gasteiger partial charge on any atom is 0.243 e. The van der Waals surface area contributed by atoms with E-state index in [-0.39, 0.29) is 23.8 Å². The Bertz CT molecular complexity index is 1390. The predicted octanol–water partition coefficient (Wildman–Crippen LogP) is 5.17. The van der Waals surface area contributed by atoms with Crippen molar-refractivity contribution in [2.45, 2.75) is 50.2 Å². The van der Waals surface area contributed by atoms with Gasteiger partial charge >= 0.3 is 0 Å². The first kappa shape index (κ1) is 30.6. The molecule has 2 amide bonds. The standard InChI is InChI=1S/C29H33Cl2N3O4S/c1-29(2,3)32-28(36)26(18-21-9-6-5-7-10-21)34(19-22-11-8-12-24(31)17-22)27(35)20-33(4)39(37,38)25-15-13-23(30)14-16-25/h5-17,26H,18-20H2,1-4H3,(H,32,36)/t26-/m1/s1. The Labute approximate surface area is 240 Å². The highest BCUT2D eigenvalue weighted by Crippen LogP contribution is 2.21. The third-order valence-corrected chi connectivity index (χ3v) is 8.20. The molecule has 0 spiro atoms. The number of halogens is 2. The second kappa shape index (κ2) is 13.0. The molecule has 208 valence electrons. The summed E-state index contributed by atoms with van der Waals surface area (Å²) in [6.45, 7) is 5.17. The number of rotatable bonds is 10. The molecule has 7 nitrogen and oxygen atoms in total. The second-order valence-electron chi connectivity index (χ2n) is 10.3. The van der Waals surface area contributed by atoms with Gasteiger partial charge in [-0.1, -0.05) is 65.7 Å². The van der Waals surface area contributed by atoms with E-state index >= 15 is 0 Å². The van der Waals surface area contributed by atoms with E-state index < -0.39 is 34.1 Å². The number of benzene rings is 3. The highest BCUT2D eigenvalue weighted by molar-refractivity contribution is 7.89. The van der Waals surface area contributed by atoms with Gasteiger partial charge in [-0.3, -0.25) is 9.59 Å². The summed E-state index contributed by atoms with van der Waals surface area (Å²) in [5.74, 6) is -0.870. The van der Waals surface area contributed by atoms with Gasteiger partial charge in [0, 0.05) is 35.6 Å². The zero-order valence-corrected chi connectivity index (χ0v) is 24.7. The summed E-state index contributed by atoms with van der Waals surface area (Å²) in [7, 11) is -2.66. The lowest BCUT2D eigenvalue weighted by molar-refractivity contribution is -0.141. The highest BCUT2D eigenvalue weighted by atomic mass is 35.5. The molecule has 1 N–H and O–H groups in total. The van der Waals surface area contributed by atoms with Crippen LogP contribution in [-0.4, -0.2) is 54.6 Å². The van der Waals surface area contributed by atoms with Gasteiger partial charge in [-0.05, 0) is 68.3 Å². The van der Waals surface area contributed by atoms with E-state index in [1.165, 1.54) is 36.2 Å². The molecule has 0 unspecified atom stereocenters. The van der Waals surface area contributed by atoms with E-state index in [1.54, 1.807) is 18.2 Å². The molecule has 3 rings (SSSR count). The zero-order valence-electron chi connectivity index (χ0n) is 22.4. The van der Waals surface area contributed by atoms with Crippen LogP contribution in [-0.2, 0) is 32.6 Å². The molecule has 0 aromatic heterocycles. The third kappa shape index (κ3) is 8.80. The van der Waals surface area contributed by atoms with Crippen molar-refractivity contribution >= 4 is 45.0 Å². The Kier molecular flexibility index (Phi) is 10.2. The van der Waals surface area contributed by atoms with Gasteiger partial charge in [-0.25, -0.2) is 8.42 Å². The fourth-order valence-corrected chi connectivity index (χ4v) is 5.45. The average molecular weight is 591 g/mol. The summed E-state index contributed by atoms with van der Waals surface area (Å²) in [6.07, 6.45) is 0.239. The Morgan fingerprint density at radius 2 is 1.49 bits per heavy atom. The molecule has 0 saturated carbocycles. The van der Waals surface area contributed by atoms with Gasteiger partial charge in [0.15, 0.2) is 0 Å². The van der Waals surface area contributed by atoms with Crippen molar-refractivity contribution in [1.29, 1.82) is 0 Å². The molecule has 0 aliphatic carbocycles. The molecule has 0 aliphatic heterocycles. The molecule has 10 heteroatoms. The maximum absolute atomic E-state index is 13.9. The normalized spacial score (nSPS) is 12.7. The summed E-state index contributed by atoms with van der Waals surface area (Å²) >= 11 is 12.1. The van der Waals surface area contributed by atoms with Gasteiger partial charge in [0.05, 0.1) is 11.4 Å².